The Balaban J connectivity index is 1.36. The predicted molar refractivity (Wildman–Crippen MR) is 111 cm³/mol. The summed E-state index contributed by atoms with van der Waals surface area (Å²) in [6.07, 6.45) is 6.59. The zero-order valence-electron chi connectivity index (χ0n) is 16.4. The van der Waals surface area contributed by atoms with Crippen LogP contribution in [-0.4, -0.2) is 29.4 Å². The Morgan fingerprint density at radius 2 is 1.74 bits per heavy atom. The van der Waals surface area contributed by atoms with Crippen molar-refractivity contribution in [1.29, 1.82) is 0 Å². The molecule has 3 nitrogen and oxygen atoms in total. The predicted octanol–water partition coefficient (Wildman–Crippen LogP) is 5.37. The van der Waals surface area contributed by atoms with E-state index in [1.165, 1.54) is 44.2 Å². The van der Waals surface area contributed by atoms with Crippen LogP contribution in [0.15, 0.2) is 48.5 Å². The van der Waals surface area contributed by atoms with Crippen LogP contribution in [0.5, 0.6) is 0 Å². The van der Waals surface area contributed by atoms with Crippen LogP contribution in [0.3, 0.4) is 0 Å². The van der Waals surface area contributed by atoms with Crippen molar-refractivity contribution in [3.63, 3.8) is 0 Å². The van der Waals surface area contributed by atoms with E-state index < -0.39 is 0 Å². The Labute approximate surface area is 162 Å². The van der Waals surface area contributed by atoms with Gasteiger partial charge in [0.2, 0.25) is 0 Å². The first-order valence-corrected chi connectivity index (χ1v) is 10.3. The lowest BCUT2D eigenvalue weighted by molar-refractivity contribution is 0.102. The molecule has 3 atom stereocenters. The Kier molecular flexibility index (Phi) is 5.31. The molecule has 2 aliphatic rings. The number of anilines is 1. The maximum absolute atomic E-state index is 12.4. The first-order valence-electron chi connectivity index (χ1n) is 10.3. The number of rotatable bonds is 4. The number of nitrogens with one attached hydrogen (secondary N) is 1. The third-order valence-electron chi connectivity index (χ3n) is 6.43. The Bertz CT molecular complexity index is 781. The molecule has 0 aromatic heterocycles. The molecule has 0 radical (unpaired) electrons. The van der Waals surface area contributed by atoms with Crippen LogP contribution in [0.2, 0.25) is 0 Å². The number of hydrogen-bond acceptors (Lipinski definition) is 2. The Morgan fingerprint density at radius 3 is 2.41 bits per heavy atom. The van der Waals surface area contributed by atoms with Crippen molar-refractivity contribution in [3.05, 3.63) is 65.2 Å². The van der Waals surface area contributed by atoms with E-state index in [2.05, 4.69) is 29.3 Å². The fourth-order valence-electron chi connectivity index (χ4n) is 4.81. The van der Waals surface area contributed by atoms with Gasteiger partial charge >= 0.3 is 0 Å². The quantitative estimate of drug-likeness (QED) is 0.793. The number of likely N-dealkylation sites (tertiary alicyclic amines) is 1. The summed E-state index contributed by atoms with van der Waals surface area (Å²) in [5, 5.41) is 3.01. The molecule has 1 aliphatic carbocycles. The molecule has 4 rings (SSSR count). The fourth-order valence-corrected chi connectivity index (χ4v) is 4.81. The molecular formula is C24H30N2O. The third kappa shape index (κ3) is 4.08. The van der Waals surface area contributed by atoms with Crippen LogP contribution in [-0.2, 0) is 0 Å². The maximum atomic E-state index is 12.4. The lowest BCUT2D eigenvalue weighted by atomic mass is 9.97. The van der Waals surface area contributed by atoms with Crippen molar-refractivity contribution in [2.45, 2.75) is 64.0 Å². The topological polar surface area (TPSA) is 32.3 Å². The molecule has 1 aliphatic heterocycles. The Morgan fingerprint density at radius 1 is 1.00 bits per heavy atom. The van der Waals surface area contributed by atoms with Crippen molar-refractivity contribution >= 4 is 11.6 Å². The number of carbonyl (C=O) groups excluding carboxylic acids is 1. The van der Waals surface area contributed by atoms with Crippen LogP contribution >= 0.6 is 0 Å². The van der Waals surface area contributed by atoms with Crippen LogP contribution in [0, 0.1) is 6.92 Å². The number of amides is 1. The van der Waals surface area contributed by atoms with E-state index in [9.17, 15) is 4.79 Å². The van der Waals surface area contributed by atoms with Gasteiger partial charge in [-0.1, -0.05) is 29.8 Å². The highest BCUT2D eigenvalue weighted by Crippen LogP contribution is 2.39. The minimum Gasteiger partial charge on any atom is -0.322 e. The second-order valence-corrected chi connectivity index (χ2v) is 8.34. The van der Waals surface area contributed by atoms with Crippen LogP contribution in [0.4, 0.5) is 5.69 Å². The number of nitrogens with zero attached hydrogens (tertiary/aromatic N) is 1. The minimum absolute atomic E-state index is 0.0494. The molecule has 1 saturated carbocycles. The summed E-state index contributed by atoms with van der Waals surface area (Å²) in [5.74, 6) is 0.608. The van der Waals surface area contributed by atoms with Gasteiger partial charge < -0.3 is 5.32 Å². The summed E-state index contributed by atoms with van der Waals surface area (Å²) in [4.78, 5) is 15.1. The molecule has 0 bridgehead atoms. The molecule has 2 fully saturated rings. The molecule has 1 heterocycles. The van der Waals surface area contributed by atoms with Crippen molar-refractivity contribution < 1.29 is 4.79 Å². The van der Waals surface area contributed by atoms with Gasteiger partial charge in [0, 0.05) is 23.3 Å². The van der Waals surface area contributed by atoms with Gasteiger partial charge in [-0.2, -0.15) is 0 Å². The summed E-state index contributed by atoms with van der Waals surface area (Å²) in [7, 11) is 0. The van der Waals surface area contributed by atoms with Gasteiger partial charge in [0.1, 0.15) is 0 Å². The summed E-state index contributed by atoms with van der Waals surface area (Å²) in [5.41, 5.74) is 4.14. The van der Waals surface area contributed by atoms with Crippen molar-refractivity contribution in [1.82, 2.24) is 4.90 Å². The standard InChI is InChI=1S/C24H30N2O/c1-17-5-7-20(8-6-17)24(27)25-22-12-9-19(10-13-22)21-11-14-23(16-21)26-15-3-4-18(26)2/h5-10,12-13,18,21,23H,3-4,11,14-16H2,1-2H3,(H,25,27)/t18-,21-,23?/m0/s1. The third-order valence-corrected chi connectivity index (χ3v) is 6.43. The fraction of sp³-hybridized carbons (Fsp3) is 0.458. The summed E-state index contributed by atoms with van der Waals surface area (Å²) in [6.45, 7) is 5.69. The molecule has 1 unspecified atom stereocenters. The van der Waals surface area contributed by atoms with E-state index in [4.69, 9.17) is 0 Å². The van der Waals surface area contributed by atoms with Crippen molar-refractivity contribution in [3.8, 4) is 0 Å². The van der Waals surface area contributed by atoms with E-state index in [1.54, 1.807) is 0 Å². The van der Waals surface area contributed by atoms with Crippen LogP contribution in [0.25, 0.3) is 0 Å². The van der Waals surface area contributed by atoms with Crippen LogP contribution < -0.4 is 5.32 Å². The van der Waals surface area contributed by atoms with E-state index in [0.717, 1.165) is 23.3 Å². The van der Waals surface area contributed by atoms with Gasteiger partial charge in [-0.05, 0) is 88.2 Å². The highest BCUT2D eigenvalue weighted by Gasteiger charge is 2.34. The summed E-state index contributed by atoms with van der Waals surface area (Å²) < 4.78 is 0. The zero-order valence-corrected chi connectivity index (χ0v) is 16.4. The van der Waals surface area contributed by atoms with Gasteiger partial charge in [0.25, 0.3) is 5.91 Å². The molecule has 142 valence electrons. The van der Waals surface area contributed by atoms with Crippen LogP contribution in [0.1, 0.15) is 66.4 Å². The molecule has 1 saturated heterocycles. The van der Waals surface area contributed by atoms with E-state index in [-0.39, 0.29) is 5.91 Å². The molecular weight excluding hydrogens is 332 g/mol. The lowest BCUT2D eigenvalue weighted by Crippen LogP contribution is -2.35. The average Bonchev–Trinajstić information content (AvgIpc) is 3.31. The van der Waals surface area contributed by atoms with Gasteiger partial charge in [-0.3, -0.25) is 9.69 Å². The van der Waals surface area contributed by atoms with Crippen molar-refractivity contribution in [2.75, 3.05) is 11.9 Å². The highest BCUT2D eigenvalue weighted by atomic mass is 16.1. The molecule has 27 heavy (non-hydrogen) atoms. The largest absolute Gasteiger partial charge is 0.322 e. The van der Waals surface area contributed by atoms with Gasteiger partial charge in [-0.15, -0.1) is 0 Å². The van der Waals surface area contributed by atoms with Gasteiger partial charge in [0.15, 0.2) is 0 Å². The Hall–Kier alpha value is -2.13. The van der Waals surface area contributed by atoms with E-state index in [0.29, 0.717) is 11.5 Å². The monoisotopic (exact) mass is 362 g/mol. The van der Waals surface area contributed by atoms with Gasteiger partial charge in [-0.25, -0.2) is 0 Å². The first-order chi connectivity index (χ1) is 13.1. The number of benzene rings is 2. The molecule has 0 spiro atoms. The molecule has 2 aromatic carbocycles. The summed E-state index contributed by atoms with van der Waals surface area (Å²) in [6, 6.07) is 17.7. The van der Waals surface area contributed by atoms with Gasteiger partial charge in [0.05, 0.1) is 0 Å². The maximum Gasteiger partial charge on any atom is 0.255 e. The number of carbonyl (C=O) groups is 1. The SMILES string of the molecule is Cc1ccc(C(=O)Nc2ccc([C@H]3CCC(N4CCC[C@@H]4C)C3)cc2)cc1. The van der Waals surface area contributed by atoms with E-state index >= 15 is 0 Å². The first kappa shape index (κ1) is 18.2. The molecule has 2 aromatic rings. The highest BCUT2D eigenvalue weighted by molar-refractivity contribution is 6.04. The average molecular weight is 363 g/mol. The normalized spacial score (nSPS) is 25.6. The number of aryl methyl sites for hydroxylation is 1. The second-order valence-electron chi connectivity index (χ2n) is 8.34. The molecule has 3 heteroatoms. The molecule has 1 N–H and O–H groups in total. The van der Waals surface area contributed by atoms with E-state index in [1.807, 2.05) is 43.3 Å². The number of hydrogen-bond donors (Lipinski definition) is 1. The smallest absolute Gasteiger partial charge is 0.255 e. The lowest BCUT2D eigenvalue weighted by Gasteiger charge is -2.28. The minimum atomic E-state index is -0.0494. The molecule has 1 amide bonds. The second kappa shape index (κ2) is 7.85. The van der Waals surface area contributed by atoms with Crippen molar-refractivity contribution in [2.24, 2.45) is 0 Å². The zero-order chi connectivity index (χ0) is 18.8. The summed E-state index contributed by atoms with van der Waals surface area (Å²) >= 11 is 0.